The summed E-state index contributed by atoms with van der Waals surface area (Å²) < 4.78 is 25.2. The van der Waals surface area contributed by atoms with E-state index in [0.29, 0.717) is 0 Å². The van der Waals surface area contributed by atoms with Crippen LogP contribution in [0.1, 0.15) is 0 Å². The molecule has 0 aromatic rings. The van der Waals surface area contributed by atoms with Gasteiger partial charge in [0, 0.05) is 6.08 Å². The average Bonchev–Trinajstić information content (AvgIpc) is 1.61. The van der Waals surface area contributed by atoms with Crippen LogP contribution in [-0.2, 0) is 15.1 Å². The number of carboxylic acids is 1. The minimum Gasteiger partial charge on any atom is -0.478 e. The molecule has 0 saturated heterocycles. The van der Waals surface area contributed by atoms with Crippen molar-refractivity contribution in [3.8, 4) is 0 Å². The fraction of sp³-hybridized carbons (Fsp3) is 0. The standard InChI is InChI=1S/C3H4O2.H3NO3S/c1-2-3(4)5;1-5(2,3)4/h2H,1H2,(H,4,5);(H3,1,2,3,4). The molecule has 0 unspecified atom stereocenters. The van der Waals surface area contributed by atoms with Gasteiger partial charge in [-0.15, -0.1) is 0 Å². The highest BCUT2D eigenvalue weighted by molar-refractivity contribution is 7.83. The van der Waals surface area contributed by atoms with Crippen LogP contribution in [0.25, 0.3) is 0 Å². The summed E-state index contributed by atoms with van der Waals surface area (Å²) in [6, 6.07) is 0. The van der Waals surface area contributed by atoms with Crippen LogP contribution in [0.15, 0.2) is 12.7 Å². The van der Waals surface area contributed by atoms with Gasteiger partial charge in [0.05, 0.1) is 0 Å². The van der Waals surface area contributed by atoms with E-state index in [1.165, 1.54) is 0 Å². The summed E-state index contributed by atoms with van der Waals surface area (Å²) in [5.74, 6) is -0.981. The van der Waals surface area contributed by atoms with Crippen molar-refractivity contribution in [2.24, 2.45) is 5.14 Å². The number of nitrogens with two attached hydrogens (primary N) is 1. The Labute approximate surface area is 57.8 Å². The molecule has 0 aliphatic rings. The van der Waals surface area contributed by atoms with Crippen LogP contribution in [0.5, 0.6) is 0 Å². The number of hydrogen-bond donors (Lipinski definition) is 3. The SMILES string of the molecule is C=CC(=O)O.NS(=O)(=O)O. The quantitative estimate of drug-likeness (QED) is 0.344. The predicted octanol–water partition coefficient (Wildman–Crippen LogP) is -0.995. The molecule has 0 aliphatic carbocycles. The Morgan fingerprint density at radius 1 is 1.60 bits per heavy atom. The molecule has 0 amide bonds. The lowest BCUT2D eigenvalue weighted by Crippen LogP contribution is -2.08. The van der Waals surface area contributed by atoms with Gasteiger partial charge in [0.2, 0.25) is 0 Å². The highest BCUT2D eigenvalue weighted by atomic mass is 32.2. The maximum atomic E-state index is 9.25. The van der Waals surface area contributed by atoms with E-state index in [4.69, 9.17) is 18.1 Å². The first-order valence-electron chi connectivity index (χ1n) is 1.88. The summed E-state index contributed by atoms with van der Waals surface area (Å²) >= 11 is 0. The van der Waals surface area contributed by atoms with Gasteiger partial charge in [-0.05, 0) is 0 Å². The first-order chi connectivity index (χ1) is 4.27. The third-order valence-electron chi connectivity index (χ3n) is 0.175. The number of carbonyl (C=O) groups is 1. The lowest BCUT2D eigenvalue weighted by molar-refractivity contribution is -0.131. The van der Waals surface area contributed by atoms with E-state index in [-0.39, 0.29) is 0 Å². The van der Waals surface area contributed by atoms with Crippen LogP contribution in [0, 0.1) is 0 Å². The van der Waals surface area contributed by atoms with Crippen molar-refractivity contribution in [3.05, 3.63) is 12.7 Å². The molecule has 0 bridgehead atoms. The Bertz CT molecular complexity index is 197. The van der Waals surface area contributed by atoms with Crippen LogP contribution < -0.4 is 5.14 Å². The van der Waals surface area contributed by atoms with E-state index in [9.17, 15) is 4.79 Å². The largest absolute Gasteiger partial charge is 0.478 e. The van der Waals surface area contributed by atoms with Crippen LogP contribution in [0.2, 0.25) is 0 Å². The summed E-state index contributed by atoms with van der Waals surface area (Å²) in [6.45, 7) is 2.96. The van der Waals surface area contributed by atoms with Gasteiger partial charge < -0.3 is 5.11 Å². The van der Waals surface area contributed by atoms with E-state index >= 15 is 0 Å². The van der Waals surface area contributed by atoms with Crippen molar-refractivity contribution in [2.45, 2.75) is 0 Å². The van der Waals surface area contributed by atoms with E-state index in [2.05, 4.69) is 11.7 Å². The third kappa shape index (κ3) is 224. The monoisotopic (exact) mass is 169 g/mol. The van der Waals surface area contributed by atoms with Crippen LogP contribution >= 0.6 is 0 Å². The second-order valence-corrected chi connectivity index (χ2v) is 2.09. The lowest BCUT2D eigenvalue weighted by atomic mass is 10.7. The molecule has 0 saturated carbocycles. The fourth-order valence-corrected chi connectivity index (χ4v) is 0. The van der Waals surface area contributed by atoms with E-state index in [1.807, 2.05) is 0 Å². The second-order valence-electron chi connectivity index (χ2n) is 1.06. The maximum absolute atomic E-state index is 9.25. The summed E-state index contributed by atoms with van der Waals surface area (Å²) in [5, 5.41) is 11.5. The molecule has 0 fully saturated rings. The molecule has 4 N–H and O–H groups in total. The number of rotatable bonds is 1. The van der Waals surface area contributed by atoms with Crippen LogP contribution in [-0.4, -0.2) is 24.0 Å². The highest BCUT2D eigenvalue weighted by Gasteiger charge is 1.81. The van der Waals surface area contributed by atoms with Crippen LogP contribution in [0.4, 0.5) is 0 Å². The zero-order valence-electron chi connectivity index (χ0n) is 4.89. The molecule has 0 radical (unpaired) electrons. The molecular formula is C3H7NO5S. The third-order valence-corrected chi connectivity index (χ3v) is 0.175. The van der Waals surface area contributed by atoms with Gasteiger partial charge in [-0.25, -0.2) is 9.93 Å². The summed E-state index contributed by atoms with van der Waals surface area (Å²) in [4.78, 5) is 9.25. The Morgan fingerprint density at radius 3 is 1.70 bits per heavy atom. The Morgan fingerprint density at radius 2 is 1.70 bits per heavy atom. The van der Waals surface area contributed by atoms with Gasteiger partial charge in [0.15, 0.2) is 0 Å². The minimum atomic E-state index is -4.17. The van der Waals surface area contributed by atoms with Crippen molar-refractivity contribution in [1.29, 1.82) is 0 Å². The van der Waals surface area contributed by atoms with Crippen molar-refractivity contribution in [3.63, 3.8) is 0 Å². The van der Waals surface area contributed by atoms with Crippen molar-refractivity contribution in [2.75, 3.05) is 0 Å². The van der Waals surface area contributed by atoms with E-state index < -0.39 is 16.3 Å². The summed E-state index contributed by atoms with van der Waals surface area (Å²) in [7, 11) is -4.17. The normalized spacial score (nSPS) is 9.00. The van der Waals surface area contributed by atoms with Crippen molar-refractivity contribution >= 4 is 16.3 Å². The molecule has 60 valence electrons. The zero-order valence-corrected chi connectivity index (χ0v) is 5.71. The Hall–Kier alpha value is -0.920. The van der Waals surface area contributed by atoms with Gasteiger partial charge in [-0.3, -0.25) is 4.55 Å². The molecule has 0 rings (SSSR count). The summed E-state index contributed by atoms with van der Waals surface area (Å²) in [5.41, 5.74) is 0. The van der Waals surface area contributed by atoms with Gasteiger partial charge in [0.25, 0.3) is 0 Å². The smallest absolute Gasteiger partial charge is 0.330 e. The molecule has 10 heavy (non-hydrogen) atoms. The Balaban J connectivity index is 0. The molecule has 0 heterocycles. The number of carboxylic acid groups (broad SMARTS) is 1. The van der Waals surface area contributed by atoms with E-state index in [0.717, 1.165) is 6.08 Å². The van der Waals surface area contributed by atoms with Gasteiger partial charge in [0.1, 0.15) is 0 Å². The zero-order chi connectivity index (χ0) is 8.78. The second kappa shape index (κ2) is 4.91. The summed E-state index contributed by atoms with van der Waals surface area (Å²) in [6.07, 6.45) is 0.833. The molecule has 7 heteroatoms. The highest BCUT2D eigenvalue weighted by Crippen LogP contribution is 1.54. The maximum Gasteiger partial charge on any atom is 0.330 e. The van der Waals surface area contributed by atoms with Crippen molar-refractivity contribution in [1.82, 2.24) is 0 Å². The first-order valence-corrected chi connectivity index (χ1v) is 3.38. The average molecular weight is 169 g/mol. The number of aliphatic carboxylic acids is 1. The molecule has 6 nitrogen and oxygen atoms in total. The Kier molecular flexibility index (Phi) is 5.81. The molecule has 0 aromatic carbocycles. The molecule has 0 aromatic heterocycles. The minimum absolute atomic E-state index is 0.833. The van der Waals surface area contributed by atoms with E-state index in [1.54, 1.807) is 0 Å². The fourth-order valence-electron chi connectivity index (χ4n) is 0. The predicted molar refractivity (Wildman–Crippen MR) is 33.6 cm³/mol. The van der Waals surface area contributed by atoms with Gasteiger partial charge in [-0.1, -0.05) is 6.58 Å². The molecule has 0 atom stereocenters. The molecular weight excluding hydrogens is 162 g/mol. The first kappa shape index (κ1) is 11.8. The lowest BCUT2D eigenvalue weighted by Gasteiger charge is -1.70. The topological polar surface area (TPSA) is 118 Å². The molecule has 0 aliphatic heterocycles. The van der Waals surface area contributed by atoms with Gasteiger partial charge in [-0.2, -0.15) is 8.42 Å². The number of hydrogen-bond acceptors (Lipinski definition) is 3. The van der Waals surface area contributed by atoms with Gasteiger partial charge >= 0.3 is 16.3 Å². The van der Waals surface area contributed by atoms with Crippen molar-refractivity contribution < 1.29 is 22.9 Å². The molecule has 0 spiro atoms. The van der Waals surface area contributed by atoms with Crippen LogP contribution in [0.3, 0.4) is 0 Å².